The normalized spacial score (nSPS) is 14.2. The van der Waals surface area contributed by atoms with Crippen molar-refractivity contribution in [1.82, 2.24) is 10.2 Å². The molecule has 1 atom stereocenters. The first-order chi connectivity index (χ1) is 22.1. The first kappa shape index (κ1) is 35.1. The van der Waals surface area contributed by atoms with Crippen LogP contribution in [-0.2, 0) is 26.2 Å². The molecule has 1 aliphatic rings. The maximum absolute atomic E-state index is 14.3. The molecule has 0 unspecified atom stereocenters. The Kier molecular flexibility index (Phi) is 12.3. The number of hydrogen-bond donors (Lipinski definition) is 1. The second-order valence-corrected chi connectivity index (χ2v) is 13.9. The summed E-state index contributed by atoms with van der Waals surface area (Å²) in [7, 11) is -1.43. The van der Waals surface area contributed by atoms with Crippen molar-refractivity contribution in [3.63, 3.8) is 0 Å². The Balaban J connectivity index is 1.71. The minimum atomic E-state index is -4.31. The second kappa shape index (κ2) is 16.2. The lowest BCUT2D eigenvalue weighted by molar-refractivity contribution is -0.139. The average Bonchev–Trinajstić information content (AvgIpc) is 3.07. The third kappa shape index (κ3) is 8.73. The van der Waals surface area contributed by atoms with E-state index in [1.54, 1.807) is 31.2 Å². The van der Waals surface area contributed by atoms with Crippen LogP contribution in [0.5, 0.6) is 17.2 Å². The summed E-state index contributed by atoms with van der Waals surface area (Å²) in [6.45, 7) is 3.53. The van der Waals surface area contributed by atoms with Gasteiger partial charge in [-0.1, -0.05) is 47.3 Å². The Morgan fingerprint density at radius 2 is 1.59 bits per heavy atom. The summed E-state index contributed by atoms with van der Waals surface area (Å²) in [6.07, 6.45) is 5.03. The first-order valence-corrected chi connectivity index (χ1v) is 17.6. The number of carbonyl (C=O) groups is 2. The summed E-state index contributed by atoms with van der Waals surface area (Å²) in [5.41, 5.74) is 1.05. The van der Waals surface area contributed by atoms with Gasteiger partial charge in [0, 0.05) is 23.1 Å². The van der Waals surface area contributed by atoms with Gasteiger partial charge < -0.3 is 24.4 Å². The van der Waals surface area contributed by atoms with Crippen molar-refractivity contribution in [2.75, 3.05) is 31.7 Å². The van der Waals surface area contributed by atoms with Crippen LogP contribution in [0, 0.1) is 0 Å². The zero-order valence-corrected chi connectivity index (χ0v) is 29.1. The predicted molar refractivity (Wildman–Crippen MR) is 181 cm³/mol. The maximum atomic E-state index is 14.3. The molecule has 1 fully saturated rings. The van der Waals surface area contributed by atoms with Crippen molar-refractivity contribution in [2.45, 2.75) is 69.5 Å². The fourth-order valence-electron chi connectivity index (χ4n) is 5.45. The number of benzene rings is 3. The van der Waals surface area contributed by atoms with Gasteiger partial charge in [0.05, 0.1) is 31.4 Å². The summed E-state index contributed by atoms with van der Waals surface area (Å²) >= 11 is 3.44. The molecule has 0 aromatic heterocycles. The molecule has 1 aliphatic carbocycles. The monoisotopic (exact) mass is 715 g/mol. The number of amides is 2. The molecule has 12 heteroatoms. The van der Waals surface area contributed by atoms with Crippen LogP contribution in [-0.4, -0.2) is 64.6 Å². The van der Waals surface area contributed by atoms with Gasteiger partial charge in [-0.05, 0) is 80.8 Å². The van der Waals surface area contributed by atoms with Crippen molar-refractivity contribution >= 4 is 43.5 Å². The van der Waals surface area contributed by atoms with Crippen LogP contribution in [0.2, 0.25) is 0 Å². The Morgan fingerprint density at radius 3 is 2.20 bits per heavy atom. The standard InChI is InChI=1S/C34H42BrN3O7S/c1-5-45-29-17-15-28(16-18-29)38(46(41,42)30-19-20-31(43-3)32(21-30)44-4)23-33(39)37(22-25-11-13-26(35)14-12-25)24(2)34(40)36-27-9-7-6-8-10-27/h11-21,24,27H,5-10,22-23H2,1-4H3,(H,36,40)/t24-/m1/s1. The molecule has 4 rings (SSSR count). The minimum Gasteiger partial charge on any atom is -0.494 e. The fraction of sp³-hybridized carbons (Fsp3) is 0.412. The number of methoxy groups -OCH3 is 2. The van der Waals surface area contributed by atoms with Crippen molar-refractivity contribution in [3.05, 3.63) is 76.8 Å². The van der Waals surface area contributed by atoms with E-state index in [-0.39, 0.29) is 34.8 Å². The summed E-state index contributed by atoms with van der Waals surface area (Å²) in [5.74, 6) is 0.348. The van der Waals surface area contributed by atoms with Gasteiger partial charge in [0.1, 0.15) is 18.3 Å². The van der Waals surface area contributed by atoms with Gasteiger partial charge in [-0.3, -0.25) is 13.9 Å². The highest BCUT2D eigenvalue weighted by Gasteiger charge is 2.33. The molecule has 46 heavy (non-hydrogen) atoms. The average molecular weight is 717 g/mol. The third-order valence-corrected chi connectivity index (χ3v) is 10.3. The van der Waals surface area contributed by atoms with Gasteiger partial charge >= 0.3 is 0 Å². The minimum absolute atomic E-state index is 0.0547. The smallest absolute Gasteiger partial charge is 0.264 e. The highest BCUT2D eigenvalue weighted by molar-refractivity contribution is 9.10. The van der Waals surface area contributed by atoms with E-state index in [2.05, 4.69) is 21.2 Å². The topological polar surface area (TPSA) is 114 Å². The predicted octanol–water partition coefficient (Wildman–Crippen LogP) is 5.93. The Labute approximate surface area is 280 Å². The molecule has 0 aliphatic heterocycles. The quantitative estimate of drug-likeness (QED) is 0.220. The van der Waals surface area contributed by atoms with Crippen molar-refractivity contribution in [1.29, 1.82) is 0 Å². The Morgan fingerprint density at radius 1 is 0.935 bits per heavy atom. The largest absolute Gasteiger partial charge is 0.494 e. The summed E-state index contributed by atoms with van der Waals surface area (Å²) in [5, 5.41) is 3.12. The number of nitrogens with one attached hydrogen (secondary N) is 1. The molecular weight excluding hydrogens is 674 g/mol. The number of rotatable bonds is 14. The van der Waals surface area contributed by atoms with Crippen molar-refractivity contribution in [3.8, 4) is 17.2 Å². The van der Waals surface area contributed by atoms with E-state index < -0.39 is 28.5 Å². The van der Waals surface area contributed by atoms with Gasteiger partial charge in [-0.2, -0.15) is 0 Å². The van der Waals surface area contributed by atoms with E-state index in [1.807, 2.05) is 31.2 Å². The van der Waals surface area contributed by atoms with Crippen LogP contribution in [0.15, 0.2) is 76.1 Å². The zero-order valence-electron chi connectivity index (χ0n) is 26.7. The summed E-state index contributed by atoms with van der Waals surface area (Å²) in [6, 6.07) is 17.4. The molecule has 0 radical (unpaired) electrons. The molecule has 0 heterocycles. The number of anilines is 1. The van der Waals surface area contributed by atoms with Gasteiger partial charge in [0.25, 0.3) is 10.0 Å². The van der Waals surface area contributed by atoms with E-state index in [0.717, 1.165) is 46.4 Å². The lowest BCUT2D eigenvalue weighted by Gasteiger charge is -2.33. The molecule has 1 saturated carbocycles. The van der Waals surface area contributed by atoms with E-state index in [0.29, 0.717) is 18.1 Å². The van der Waals surface area contributed by atoms with Gasteiger partial charge in [-0.25, -0.2) is 8.42 Å². The number of nitrogens with zero attached hydrogens (tertiary/aromatic N) is 2. The number of carbonyl (C=O) groups excluding carboxylic acids is 2. The zero-order chi connectivity index (χ0) is 33.3. The van der Waals surface area contributed by atoms with E-state index in [9.17, 15) is 18.0 Å². The Bertz CT molecular complexity index is 1580. The third-order valence-electron chi connectivity index (χ3n) is 8.04. The molecule has 0 spiro atoms. The van der Waals surface area contributed by atoms with E-state index in [1.165, 1.54) is 37.3 Å². The maximum Gasteiger partial charge on any atom is 0.264 e. The number of hydrogen-bond acceptors (Lipinski definition) is 7. The molecule has 10 nitrogen and oxygen atoms in total. The van der Waals surface area contributed by atoms with Crippen LogP contribution in [0.1, 0.15) is 51.5 Å². The van der Waals surface area contributed by atoms with E-state index >= 15 is 0 Å². The van der Waals surface area contributed by atoms with Crippen molar-refractivity contribution in [2.24, 2.45) is 0 Å². The second-order valence-electron chi connectivity index (χ2n) is 11.1. The molecule has 3 aromatic carbocycles. The van der Waals surface area contributed by atoms with Gasteiger partial charge in [0.2, 0.25) is 11.8 Å². The lowest BCUT2D eigenvalue weighted by Crippen LogP contribution is -2.53. The Hall–Kier alpha value is -3.77. The van der Waals surface area contributed by atoms with Crippen LogP contribution in [0.4, 0.5) is 5.69 Å². The van der Waals surface area contributed by atoms with Crippen LogP contribution >= 0.6 is 15.9 Å². The highest BCUT2D eigenvalue weighted by atomic mass is 79.9. The van der Waals surface area contributed by atoms with Gasteiger partial charge in [0.15, 0.2) is 11.5 Å². The highest BCUT2D eigenvalue weighted by Crippen LogP contribution is 2.33. The van der Waals surface area contributed by atoms with Crippen LogP contribution in [0.3, 0.4) is 0 Å². The molecule has 248 valence electrons. The molecule has 0 bridgehead atoms. The van der Waals surface area contributed by atoms with Crippen molar-refractivity contribution < 1.29 is 32.2 Å². The molecule has 2 amide bonds. The molecular formula is C34H42BrN3O7S. The number of sulfonamides is 1. The first-order valence-electron chi connectivity index (χ1n) is 15.4. The molecule has 1 N–H and O–H groups in total. The fourth-order valence-corrected chi connectivity index (χ4v) is 7.14. The summed E-state index contributed by atoms with van der Waals surface area (Å²) in [4.78, 5) is 29.1. The number of ether oxygens (including phenoxy) is 3. The molecule has 3 aromatic rings. The molecule has 0 saturated heterocycles. The lowest BCUT2D eigenvalue weighted by atomic mass is 9.95. The van der Waals surface area contributed by atoms with Crippen LogP contribution in [0.25, 0.3) is 0 Å². The van der Waals surface area contributed by atoms with Gasteiger partial charge in [-0.15, -0.1) is 0 Å². The SMILES string of the molecule is CCOc1ccc(N(CC(=O)N(Cc2ccc(Br)cc2)[C@H](C)C(=O)NC2CCCCC2)S(=O)(=O)c2ccc(OC)c(OC)c2)cc1. The number of halogens is 1. The van der Waals surface area contributed by atoms with E-state index in [4.69, 9.17) is 14.2 Å². The summed E-state index contributed by atoms with van der Waals surface area (Å²) < 4.78 is 46.7. The van der Waals surface area contributed by atoms with Crippen LogP contribution < -0.4 is 23.8 Å².